The van der Waals surface area contributed by atoms with E-state index in [0.29, 0.717) is 11.1 Å². The molecule has 1 atom stereocenters. The Labute approximate surface area is 157 Å². The maximum absolute atomic E-state index is 12.8. The lowest BCUT2D eigenvalue weighted by Crippen LogP contribution is -2.29. The zero-order chi connectivity index (χ0) is 18.6. The highest BCUT2D eigenvalue weighted by atomic mass is 16.3. The van der Waals surface area contributed by atoms with Crippen LogP contribution in [0.4, 0.5) is 0 Å². The summed E-state index contributed by atoms with van der Waals surface area (Å²) in [5.41, 5.74) is 2.10. The van der Waals surface area contributed by atoms with Gasteiger partial charge in [0.15, 0.2) is 0 Å². The quantitative estimate of drug-likeness (QED) is 0.569. The molecule has 4 rings (SSSR count). The van der Waals surface area contributed by atoms with Crippen LogP contribution in [0.25, 0.3) is 10.8 Å². The molecule has 4 nitrogen and oxygen atoms in total. The molecule has 0 saturated heterocycles. The van der Waals surface area contributed by atoms with Gasteiger partial charge in [-0.2, -0.15) is 0 Å². The minimum absolute atomic E-state index is 0.151. The molecule has 0 unspecified atom stereocenters. The van der Waals surface area contributed by atoms with Crippen molar-refractivity contribution < 1.29 is 9.90 Å². The number of fused-ring (bicyclic) bond motifs is 1. The summed E-state index contributed by atoms with van der Waals surface area (Å²) in [7, 11) is 0. The van der Waals surface area contributed by atoms with E-state index in [9.17, 15) is 9.90 Å². The molecule has 0 bridgehead atoms. The number of phenols is 1. The number of pyridine rings is 1. The van der Waals surface area contributed by atoms with Crippen molar-refractivity contribution in [3.05, 3.63) is 108 Å². The van der Waals surface area contributed by atoms with E-state index in [-0.39, 0.29) is 11.7 Å². The highest BCUT2D eigenvalue weighted by molar-refractivity contribution is 5.95. The molecule has 4 aromatic rings. The summed E-state index contributed by atoms with van der Waals surface area (Å²) in [5, 5.41) is 15.6. The molecular weight excluding hydrogens is 336 g/mol. The van der Waals surface area contributed by atoms with Gasteiger partial charge in [0, 0.05) is 23.5 Å². The van der Waals surface area contributed by atoms with Crippen LogP contribution in [0.1, 0.15) is 27.5 Å². The van der Waals surface area contributed by atoms with Crippen LogP contribution in [0, 0.1) is 0 Å². The molecule has 0 saturated carbocycles. The minimum Gasteiger partial charge on any atom is -0.508 e. The second-order valence-corrected chi connectivity index (χ2v) is 6.27. The Hall–Kier alpha value is -3.66. The van der Waals surface area contributed by atoms with Crippen molar-refractivity contribution in [2.24, 2.45) is 0 Å². The molecule has 0 radical (unpaired) electrons. The monoisotopic (exact) mass is 354 g/mol. The van der Waals surface area contributed by atoms with E-state index in [2.05, 4.69) is 10.3 Å². The molecule has 3 aromatic carbocycles. The Morgan fingerprint density at radius 3 is 2.33 bits per heavy atom. The van der Waals surface area contributed by atoms with Gasteiger partial charge < -0.3 is 10.4 Å². The summed E-state index contributed by atoms with van der Waals surface area (Å²) in [5.74, 6) is -0.0730. The second-order valence-electron chi connectivity index (χ2n) is 6.27. The van der Waals surface area contributed by atoms with Gasteiger partial charge >= 0.3 is 0 Å². The molecule has 132 valence electrons. The van der Waals surface area contributed by atoms with Crippen molar-refractivity contribution in [1.82, 2.24) is 10.3 Å². The Bertz CT molecular complexity index is 1080. The number of phenolic OH excluding ortho intramolecular Hbond substituents is 1. The number of carbonyl (C=O) groups excluding carboxylic acids is 1. The van der Waals surface area contributed by atoms with E-state index in [1.807, 2.05) is 60.7 Å². The molecule has 1 heterocycles. The lowest BCUT2D eigenvalue weighted by atomic mass is 9.92. The fourth-order valence-corrected chi connectivity index (χ4v) is 3.27. The van der Waals surface area contributed by atoms with E-state index in [4.69, 9.17) is 0 Å². The number of hydrogen-bond acceptors (Lipinski definition) is 3. The Balaban J connectivity index is 1.85. The molecule has 0 spiro atoms. The lowest BCUT2D eigenvalue weighted by molar-refractivity contribution is 0.0943. The first-order valence-electron chi connectivity index (χ1n) is 8.70. The fraction of sp³-hybridized carbons (Fsp3) is 0.0435. The SMILES string of the molecule is O=C(N[C@H](c1ccccc1)c1c(O)ccc2ccccc12)c1ccncc1. The van der Waals surface area contributed by atoms with E-state index in [1.54, 1.807) is 30.6 Å². The van der Waals surface area contributed by atoms with Gasteiger partial charge in [0.05, 0.1) is 6.04 Å². The van der Waals surface area contributed by atoms with Crippen molar-refractivity contribution in [1.29, 1.82) is 0 Å². The van der Waals surface area contributed by atoms with Crippen LogP contribution in [0.2, 0.25) is 0 Å². The second kappa shape index (κ2) is 7.30. The van der Waals surface area contributed by atoms with Gasteiger partial charge in [-0.25, -0.2) is 0 Å². The number of aromatic hydroxyl groups is 1. The number of benzene rings is 3. The molecule has 4 heteroatoms. The number of nitrogens with one attached hydrogen (secondary N) is 1. The van der Waals surface area contributed by atoms with Crippen molar-refractivity contribution >= 4 is 16.7 Å². The number of nitrogens with zero attached hydrogens (tertiary/aromatic N) is 1. The summed E-state index contributed by atoms with van der Waals surface area (Å²) in [4.78, 5) is 16.8. The Morgan fingerprint density at radius 2 is 1.56 bits per heavy atom. The van der Waals surface area contributed by atoms with Gasteiger partial charge in [0.2, 0.25) is 0 Å². The van der Waals surface area contributed by atoms with Gasteiger partial charge in [-0.05, 0) is 34.5 Å². The van der Waals surface area contributed by atoms with Crippen LogP contribution < -0.4 is 5.32 Å². The van der Waals surface area contributed by atoms with Crippen LogP contribution in [0.15, 0.2) is 91.3 Å². The molecule has 0 aliphatic rings. The maximum atomic E-state index is 12.8. The molecule has 1 amide bonds. The average Bonchev–Trinajstić information content (AvgIpc) is 2.73. The van der Waals surface area contributed by atoms with Crippen LogP contribution in [-0.4, -0.2) is 16.0 Å². The minimum atomic E-state index is -0.488. The van der Waals surface area contributed by atoms with Crippen LogP contribution in [-0.2, 0) is 0 Å². The summed E-state index contributed by atoms with van der Waals surface area (Å²) in [6.45, 7) is 0. The van der Waals surface area contributed by atoms with Crippen LogP contribution >= 0.6 is 0 Å². The van der Waals surface area contributed by atoms with Gasteiger partial charge in [-0.15, -0.1) is 0 Å². The first-order valence-corrected chi connectivity index (χ1v) is 8.70. The summed E-state index contributed by atoms with van der Waals surface area (Å²) in [6.07, 6.45) is 3.17. The lowest BCUT2D eigenvalue weighted by Gasteiger charge is -2.22. The first kappa shape index (κ1) is 16.8. The van der Waals surface area contributed by atoms with Gasteiger partial charge in [-0.1, -0.05) is 60.7 Å². The van der Waals surface area contributed by atoms with Crippen LogP contribution in [0.5, 0.6) is 5.75 Å². The van der Waals surface area contributed by atoms with Crippen molar-refractivity contribution in [2.75, 3.05) is 0 Å². The summed E-state index contributed by atoms with van der Waals surface area (Å²) < 4.78 is 0. The van der Waals surface area contributed by atoms with Crippen molar-refractivity contribution in [3.8, 4) is 5.75 Å². The fourth-order valence-electron chi connectivity index (χ4n) is 3.27. The maximum Gasteiger partial charge on any atom is 0.252 e. The number of hydrogen-bond donors (Lipinski definition) is 2. The topological polar surface area (TPSA) is 62.2 Å². The van der Waals surface area contributed by atoms with Crippen molar-refractivity contribution in [2.45, 2.75) is 6.04 Å². The largest absolute Gasteiger partial charge is 0.508 e. The average molecular weight is 354 g/mol. The zero-order valence-corrected chi connectivity index (χ0v) is 14.5. The van der Waals surface area contributed by atoms with E-state index < -0.39 is 6.04 Å². The molecule has 27 heavy (non-hydrogen) atoms. The number of amides is 1. The molecule has 0 aliphatic carbocycles. The molecular formula is C23H18N2O2. The van der Waals surface area contributed by atoms with Gasteiger partial charge in [-0.3, -0.25) is 9.78 Å². The molecule has 0 fully saturated rings. The Morgan fingerprint density at radius 1 is 0.852 bits per heavy atom. The molecule has 0 aliphatic heterocycles. The first-order chi connectivity index (χ1) is 13.2. The third-order valence-corrected chi connectivity index (χ3v) is 4.59. The van der Waals surface area contributed by atoms with Crippen LogP contribution in [0.3, 0.4) is 0 Å². The van der Waals surface area contributed by atoms with Crippen molar-refractivity contribution in [3.63, 3.8) is 0 Å². The highest BCUT2D eigenvalue weighted by Gasteiger charge is 2.22. The normalized spacial score (nSPS) is 11.9. The van der Waals surface area contributed by atoms with Gasteiger partial charge in [0.25, 0.3) is 5.91 Å². The summed E-state index contributed by atoms with van der Waals surface area (Å²) >= 11 is 0. The Kier molecular flexibility index (Phi) is 4.54. The van der Waals surface area contributed by atoms with E-state index in [1.165, 1.54) is 0 Å². The zero-order valence-electron chi connectivity index (χ0n) is 14.5. The number of rotatable bonds is 4. The summed E-state index contributed by atoms with van der Waals surface area (Å²) in [6, 6.07) is 23.9. The van der Waals surface area contributed by atoms with E-state index >= 15 is 0 Å². The third-order valence-electron chi connectivity index (χ3n) is 4.59. The number of carbonyl (C=O) groups is 1. The van der Waals surface area contributed by atoms with E-state index in [0.717, 1.165) is 16.3 Å². The smallest absolute Gasteiger partial charge is 0.252 e. The standard InChI is InChI=1S/C23H18N2O2/c26-20-11-10-16-6-4-5-9-19(16)21(20)22(17-7-2-1-3-8-17)25-23(27)18-12-14-24-15-13-18/h1-15,22,26H,(H,25,27)/t22-/m1/s1. The molecule has 2 N–H and O–H groups in total. The third kappa shape index (κ3) is 3.37. The predicted molar refractivity (Wildman–Crippen MR) is 106 cm³/mol. The molecule has 1 aromatic heterocycles. The number of aromatic nitrogens is 1. The highest BCUT2D eigenvalue weighted by Crippen LogP contribution is 2.35. The van der Waals surface area contributed by atoms with Gasteiger partial charge in [0.1, 0.15) is 5.75 Å². The predicted octanol–water partition coefficient (Wildman–Crippen LogP) is 4.46.